The lowest BCUT2D eigenvalue weighted by molar-refractivity contribution is 1.27. The van der Waals surface area contributed by atoms with E-state index in [1.165, 1.54) is 0 Å². The van der Waals surface area contributed by atoms with Crippen molar-refractivity contribution in [2.45, 2.75) is 0 Å². The topological polar surface area (TPSA) is 41.6 Å². The maximum Gasteiger partial charge on any atom is 0.157 e. The second-order valence-electron chi connectivity index (χ2n) is 6.05. The molecular weight excluding hydrogens is 306 g/mol. The minimum absolute atomic E-state index is 0.797. The van der Waals surface area contributed by atoms with Gasteiger partial charge in [-0.15, -0.1) is 0 Å². The van der Waals surface area contributed by atoms with E-state index in [0.717, 1.165) is 44.6 Å². The SMILES string of the molecule is c1ccc(-c2cc3ccccc3nc2-c2nc3ccccc3[nH]2)cc1. The Hall–Kier alpha value is -3.46. The molecule has 0 aliphatic carbocycles. The van der Waals surface area contributed by atoms with Crippen LogP contribution in [0.15, 0.2) is 84.9 Å². The molecule has 2 aromatic heterocycles. The number of H-pyrrole nitrogens is 1. The molecule has 0 aliphatic heterocycles. The number of nitrogens with zero attached hydrogens (tertiary/aromatic N) is 2. The molecule has 3 heteroatoms. The third-order valence-corrected chi connectivity index (χ3v) is 4.42. The van der Waals surface area contributed by atoms with Gasteiger partial charge in [0.25, 0.3) is 0 Å². The van der Waals surface area contributed by atoms with Crippen molar-refractivity contribution in [1.82, 2.24) is 15.0 Å². The van der Waals surface area contributed by atoms with Gasteiger partial charge >= 0.3 is 0 Å². The summed E-state index contributed by atoms with van der Waals surface area (Å²) in [7, 11) is 0. The zero-order chi connectivity index (χ0) is 16.6. The number of nitrogens with one attached hydrogen (secondary N) is 1. The fraction of sp³-hybridized carbons (Fsp3) is 0. The summed E-state index contributed by atoms with van der Waals surface area (Å²) < 4.78 is 0. The van der Waals surface area contributed by atoms with Crippen molar-refractivity contribution in [3.63, 3.8) is 0 Å². The van der Waals surface area contributed by atoms with Gasteiger partial charge in [-0.1, -0.05) is 60.7 Å². The van der Waals surface area contributed by atoms with Gasteiger partial charge in [-0.25, -0.2) is 9.97 Å². The van der Waals surface area contributed by atoms with E-state index >= 15 is 0 Å². The fourth-order valence-corrected chi connectivity index (χ4v) is 3.20. The second kappa shape index (κ2) is 5.56. The number of hydrogen-bond acceptors (Lipinski definition) is 2. The van der Waals surface area contributed by atoms with Gasteiger partial charge in [0.05, 0.1) is 16.6 Å². The van der Waals surface area contributed by atoms with Crippen molar-refractivity contribution in [2.75, 3.05) is 0 Å². The first-order valence-electron chi connectivity index (χ1n) is 8.29. The number of aromatic amines is 1. The van der Waals surface area contributed by atoms with Crippen molar-refractivity contribution < 1.29 is 0 Å². The third kappa shape index (κ3) is 2.37. The summed E-state index contributed by atoms with van der Waals surface area (Å²) in [5.41, 5.74) is 6.03. The third-order valence-electron chi connectivity index (χ3n) is 4.42. The number of benzene rings is 3. The molecule has 0 amide bonds. The smallest absolute Gasteiger partial charge is 0.157 e. The summed E-state index contributed by atoms with van der Waals surface area (Å²) in [4.78, 5) is 13.1. The monoisotopic (exact) mass is 321 g/mol. The first kappa shape index (κ1) is 13.9. The predicted octanol–water partition coefficient (Wildman–Crippen LogP) is 5.45. The average molecular weight is 321 g/mol. The molecule has 0 spiro atoms. The standard InChI is InChI=1S/C22H15N3/c1-2-8-15(9-3-1)17-14-16-10-4-5-11-18(16)23-21(17)22-24-19-12-6-7-13-20(19)25-22/h1-14H,(H,24,25). The van der Waals surface area contributed by atoms with Crippen molar-refractivity contribution in [2.24, 2.45) is 0 Å². The number of fused-ring (bicyclic) bond motifs is 2. The second-order valence-corrected chi connectivity index (χ2v) is 6.05. The maximum atomic E-state index is 4.92. The first-order valence-corrected chi connectivity index (χ1v) is 8.29. The van der Waals surface area contributed by atoms with Crippen LogP contribution in [0.2, 0.25) is 0 Å². The van der Waals surface area contributed by atoms with Gasteiger partial charge in [0.15, 0.2) is 5.82 Å². The van der Waals surface area contributed by atoms with Crippen LogP contribution in [0.1, 0.15) is 0 Å². The normalized spacial score (nSPS) is 11.2. The van der Waals surface area contributed by atoms with Crippen LogP contribution in [0, 0.1) is 0 Å². The summed E-state index contributed by atoms with van der Waals surface area (Å²) in [6, 6.07) is 28.8. The molecule has 0 bridgehead atoms. The van der Waals surface area contributed by atoms with Gasteiger partial charge < -0.3 is 4.98 Å². The molecule has 118 valence electrons. The van der Waals surface area contributed by atoms with Crippen molar-refractivity contribution in [3.8, 4) is 22.6 Å². The minimum atomic E-state index is 0.797. The van der Waals surface area contributed by atoms with Gasteiger partial charge in [-0.05, 0) is 29.8 Å². The summed E-state index contributed by atoms with van der Waals surface area (Å²) in [5, 5.41) is 1.13. The molecule has 5 rings (SSSR count). The van der Waals surface area contributed by atoms with Crippen LogP contribution >= 0.6 is 0 Å². The van der Waals surface area contributed by atoms with Gasteiger partial charge in [-0.3, -0.25) is 0 Å². The lowest BCUT2D eigenvalue weighted by Gasteiger charge is -2.09. The van der Waals surface area contributed by atoms with Crippen LogP contribution in [-0.4, -0.2) is 15.0 Å². The predicted molar refractivity (Wildman–Crippen MR) is 102 cm³/mol. The lowest BCUT2D eigenvalue weighted by atomic mass is 10.0. The Morgan fingerprint density at radius 3 is 2.20 bits per heavy atom. The Bertz CT molecular complexity index is 1160. The Morgan fingerprint density at radius 2 is 1.36 bits per heavy atom. The van der Waals surface area contributed by atoms with Gasteiger partial charge in [0, 0.05) is 10.9 Å². The number of hydrogen-bond donors (Lipinski definition) is 1. The first-order chi connectivity index (χ1) is 12.4. The summed E-state index contributed by atoms with van der Waals surface area (Å²) in [6.07, 6.45) is 0. The highest BCUT2D eigenvalue weighted by molar-refractivity contribution is 5.91. The molecule has 3 nitrogen and oxygen atoms in total. The van der Waals surface area contributed by atoms with E-state index in [9.17, 15) is 0 Å². The van der Waals surface area contributed by atoms with E-state index in [4.69, 9.17) is 9.97 Å². The molecule has 0 fully saturated rings. The van der Waals surface area contributed by atoms with E-state index in [0.29, 0.717) is 0 Å². The van der Waals surface area contributed by atoms with Crippen molar-refractivity contribution in [3.05, 3.63) is 84.9 Å². The molecule has 0 unspecified atom stereocenters. The van der Waals surface area contributed by atoms with E-state index < -0.39 is 0 Å². The zero-order valence-corrected chi connectivity index (χ0v) is 13.5. The van der Waals surface area contributed by atoms with E-state index in [-0.39, 0.29) is 0 Å². The number of aromatic nitrogens is 3. The number of rotatable bonds is 2. The van der Waals surface area contributed by atoms with Crippen LogP contribution in [0.3, 0.4) is 0 Å². The highest BCUT2D eigenvalue weighted by atomic mass is 14.9. The zero-order valence-electron chi connectivity index (χ0n) is 13.5. The number of para-hydroxylation sites is 3. The molecule has 0 saturated heterocycles. The minimum Gasteiger partial charge on any atom is -0.337 e. The van der Waals surface area contributed by atoms with Crippen molar-refractivity contribution in [1.29, 1.82) is 0 Å². The van der Waals surface area contributed by atoms with Crippen LogP contribution in [-0.2, 0) is 0 Å². The van der Waals surface area contributed by atoms with Crippen LogP contribution < -0.4 is 0 Å². The van der Waals surface area contributed by atoms with Gasteiger partial charge in [0.2, 0.25) is 0 Å². The van der Waals surface area contributed by atoms with Gasteiger partial charge in [-0.2, -0.15) is 0 Å². The Morgan fingerprint density at radius 1 is 0.640 bits per heavy atom. The molecule has 3 aromatic carbocycles. The largest absolute Gasteiger partial charge is 0.337 e. The molecule has 0 radical (unpaired) electrons. The van der Waals surface area contributed by atoms with Crippen LogP contribution in [0.5, 0.6) is 0 Å². The number of imidazole rings is 1. The highest BCUT2D eigenvalue weighted by Crippen LogP contribution is 2.32. The summed E-state index contributed by atoms with van der Waals surface area (Å²) in [6.45, 7) is 0. The van der Waals surface area contributed by atoms with Crippen LogP contribution in [0.4, 0.5) is 0 Å². The summed E-state index contributed by atoms with van der Waals surface area (Å²) in [5.74, 6) is 0.797. The molecule has 1 N–H and O–H groups in total. The fourth-order valence-electron chi connectivity index (χ4n) is 3.20. The molecule has 25 heavy (non-hydrogen) atoms. The molecule has 0 aliphatic rings. The highest BCUT2D eigenvalue weighted by Gasteiger charge is 2.14. The summed E-state index contributed by atoms with van der Waals surface area (Å²) >= 11 is 0. The quantitative estimate of drug-likeness (QED) is 0.470. The molecule has 0 atom stereocenters. The lowest BCUT2D eigenvalue weighted by Crippen LogP contribution is -1.92. The molecule has 0 saturated carbocycles. The number of pyridine rings is 1. The Kier molecular flexibility index (Phi) is 3.10. The Balaban J connectivity index is 1.83. The van der Waals surface area contributed by atoms with Gasteiger partial charge in [0.1, 0.15) is 5.69 Å². The molecule has 5 aromatic rings. The Labute approximate surface area is 145 Å². The van der Waals surface area contributed by atoms with Crippen LogP contribution in [0.25, 0.3) is 44.6 Å². The maximum absolute atomic E-state index is 4.92. The molecule has 2 heterocycles. The van der Waals surface area contributed by atoms with E-state index in [2.05, 4.69) is 29.2 Å². The molecular formula is C22H15N3. The van der Waals surface area contributed by atoms with E-state index in [1.807, 2.05) is 60.7 Å². The van der Waals surface area contributed by atoms with Crippen molar-refractivity contribution >= 4 is 21.9 Å². The average Bonchev–Trinajstić information content (AvgIpc) is 3.12. The van der Waals surface area contributed by atoms with E-state index in [1.54, 1.807) is 0 Å².